The van der Waals surface area contributed by atoms with E-state index in [0.717, 1.165) is 11.4 Å². The zero-order chi connectivity index (χ0) is 21.1. The van der Waals surface area contributed by atoms with Crippen molar-refractivity contribution in [3.8, 4) is 11.3 Å². The van der Waals surface area contributed by atoms with E-state index < -0.39 is 5.82 Å². The smallest absolute Gasteiger partial charge is 0.227 e. The van der Waals surface area contributed by atoms with E-state index in [1.54, 1.807) is 23.1 Å². The molecule has 1 aliphatic rings. The average molecular weight is 429 g/mol. The highest BCUT2D eigenvalue weighted by molar-refractivity contribution is 6.31. The van der Waals surface area contributed by atoms with Crippen LogP contribution >= 0.6 is 11.6 Å². The minimum absolute atomic E-state index is 0.0618. The Balaban J connectivity index is 1.40. The average Bonchev–Trinajstić information content (AvgIpc) is 2.77. The van der Waals surface area contributed by atoms with E-state index in [1.807, 2.05) is 6.07 Å². The van der Waals surface area contributed by atoms with Crippen LogP contribution in [0.2, 0.25) is 5.02 Å². The maximum atomic E-state index is 14.0. The number of anilines is 1. The maximum Gasteiger partial charge on any atom is 0.227 e. The molecule has 0 radical (unpaired) electrons. The van der Waals surface area contributed by atoms with Gasteiger partial charge in [-0.2, -0.15) is 0 Å². The first-order valence-corrected chi connectivity index (χ1v) is 9.92. The van der Waals surface area contributed by atoms with Gasteiger partial charge in [-0.15, -0.1) is 0 Å². The fourth-order valence-corrected chi connectivity index (χ4v) is 3.68. The van der Waals surface area contributed by atoms with Gasteiger partial charge in [-0.3, -0.25) is 4.79 Å². The lowest BCUT2D eigenvalue weighted by molar-refractivity contribution is -0.130. The quantitative estimate of drug-likeness (QED) is 0.631. The number of benzene rings is 2. The number of rotatable bonds is 4. The third-order valence-electron chi connectivity index (χ3n) is 5.14. The molecule has 0 spiro atoms. The summed E-state index contributed by atoms with van der Waals surface area (Å²) in [6.45, 7) is 2.19. The third-order valence-corrected chi connectivity index (χ3v) is 5.49. The van der Waals surface area contributed by atoms with Crippen LogP contribution in [-0.2, 0) is 11.2 Å². The monoisotopic (exact) mass is 428 g/mol. The number of carbonyl (C=O) groups excluding carboxylic acids is 1. The zero-order valence-electron chi connectivity index (χ0n) is 16.1. The lowest BCUT2D eigenvalue weighted by Crippen LogP contribution is -2.49. The Bertz CT molecular complexity index is 1030. The Labute approximate surface area is 177 Å². The summed E-state index contributed by atoms with van der Waals surface area (Å²) in [4.78, 5) is 25.0. The number of hydrogen-bond acceptors (Lipinski definition) is 4. The van der Waals surface area contributed by atoms with Gasteiger partial charge in [-0.25, -0.2) is 18.7 Å². The highest BCUT2D eigenvalue weighted by Gasteiger charge is 2.23. The lowest BCUT2D eigenvalue weighted by atomic mass is 10.1. The van der Waals surface area contributed by atoms with Gasteiger partial charge in [0.05, 0.1) is 12.1 Å². The number of halogens is 3. The van der Waals surface area contributed by atoms with Gasteiger partial charge < -0.3 is 9.80 Å². The van der Waals surface area contributed by atoms with Crippen LogP contribution < -0.4 is 4.90 Å². The molecule has 5 nitrogen and oxygen atoms in total. The zero-order valence-corrected chi connectivity index (χ0v) is 16.8. The summed E-state index contributed by atoms with van der Waals surface area (Å²) in [6, 6.07) is 12.4. The van der Waals surface area contributed by atoms with Crippen LogP contribution in [-0.4, -0.2) is 47.0 Å². The number of piperazine rings is 1. The van der Waals surface area contributed by atoms with Gasteiger partial charge >= 0.3 is 0 Å². The molecule has 0 saturated carbocycles. The van der Waals surface area contributed by atoms with Gasteiger partial charge in [0.2, 0.25) is 5.91 Å². The molecule has 0 atom stereocenters. The summed E-state index contributed by atoms with van der Waals surface area (Å²) in [6.07, 6.45) is 1.42. The fourth-order valence-electron chi connectivity index (χ4n) is 3.45. The van der Waals surface area contributed by atoms with Gasteiger partial charge in [0.1, 0.15) is 23.8 Å². The predicted octanol–water partition coefficient (Wildman–Crippen LogP) is 3.97. The van der Waals surface area contributed by atoms with Gasteiger partial charge in [-0.05, 0) is 36.4 Å². The van der Waals surface area contributed by atoms with Gasteiger partial charge in [-0.1, -0.05) is 17.7 Å². The van der Waals surface area contributed by atoms with Gasteiger partial charge in [0.15, 0.2) is 0 Å². The van der Waals surface area contributed by atoms with Crippen LogP contribution in [0, 0.1) is 11.6 Å². The first-order chi connectivity index (χ1) is 14.5. The Morgan fingerprint density at radius 2 is 1.73 bits per heavy atom. The molecule has 30 heavy (non-hydrogen) atoms. The van der Waals surface area contributed by atoms with Crippen molar-refractivity contribution in [2.75, 3.05) is 31.1 Å². The molecule has 2 heterocycles. The van der Waals surface area contributed by atoms with Crippen LogP contribution in [0.3, 0.4) is 0 Å². The molecule has 2 aromatic carbocycles. The molecule has 1 amide bonds. The Morgan fingerprint density at radius 3 is 2.43 bits per heavy atom. The summed E-state index contributed by atoms with van der Waals surface area (Å²) < 4.78 is 27.1. The first-order valence-electron chi connectivity index (χ1n) is 9.55. The van der Waals surface area contributed by atoms with E-state index in [1.165, 1.54) is 30.6 Å². The second-order valence-corrected chi connectivity index (χ2v) is 7.42. The number of amides is 1. The van der Waals surface area contributed by atoms with Crippen molar-refractivity contribution in [2.45, 2.75) is 6.42 Å². The van der Waals surface area contributed by atoms with E-state index in [0.29, 0.717) is 31.9 Å². The molecule has 0 N–H and O–H groups in total. The molecular formula is C22H19ClF2N4O. The fraction of sp³-hybridized carbons (Fsp3) is 0.227. The third kappa shape index (κ3) is 4.41. The molecule has 0 bridgehead atoms. The van der Waals surface area contributed by atoms with Crippen LogP contribution in [0.15, 0.2) is 54.9 Å². The molecule has 1 aliphatic heterocycles. The Morgan fingerprint density at radius 1 is 1.00 bits per heavy atom. The molecule has 1 saturated heterocycles. The lowest BCUT2D eigenvalue weighted by Gasteiger charge is -2.35. The van der Waals surface area contributed by atoms with Crippen molar-refractivity contribution in [1.29, 1.82) is 0 Å². The number of hydrogen-bond donors (Lipinski definition) is 0. The van der Waals surface area contributed by atoms with Crippen molar-refractivity contribution >= 4 is 23.3 Å². The highest BCUT2D eigenvalue weighted by atomic mass is 35.5. The maximum absolute atomic E-state index is 14.0. The minimum atomic E-state index is -0.469. The minimum Gasteiger partial charge on any atom is -0.353 e. The normalized spacial score (nSPS) is 14.1. The van der Waals surface area contributed by atoms with E-state index >= 15 is 0 Å². The molecule has 154 valence electrons. The molecule has 1 aromatic heterocycles. The van der Waals surface area contributed by atoms with Crippen LogP contribution in [0.1, 0.15) is 5.56 Å². The van der Waals surface area contributed by atoms with Crippen molar-refractivity contribution in [2.24, 2.45) is 0 Å². The van der Waals surface area contributed by atoms with Crippen LogP contribution in [0.25, 0.3) is 11.3 Å². The van der Waals surface area contributed by atoms with E-state index in [-0.39, 0.29) is 28.7 Å². The molecular weight excluding hydrogens is 410 g/mol. The summed E-state index contributed by atoms with van der Waals surface area (Å²) >= 11 is 6.04. The van der Waals surface area contributed by atoms with Crippen molar-refractivity contribution < 1.29 is 13.6 Å². The van der Waals surface area contributed by atoms with Crippen molar-refractivity contribution in [3.05, 3.63) is 77.1 Å². The molecule has 1 fully saturated rings. The second kappa shape index (κ2) is 8.75. The number of carbonyl (C=O) groups is 1. The number of aromatic nitrogens is 2. The molecule has 4 rings (SSSR count). The standard InChI is InChI=1S/C22H19ClF2N4O/c23-18-2-1-3-19(25)17(18)12-22(30)29-10-8-28(9-11-29)21-13-20(26-14-27-21)15-4-6-16(24)7-5-15/h1-7,13-14H,8-12H2. The van der Waals surface area contributed by atoms with Crippen molar-refractivity contribution in [1.82, 2.24) is 14.9 Å². The predicted molar refractivity (Wildman–Crippen MR) is 111 cm³/mol. The molecule has 8 heteroatoms. The Kier molecular flexibility index (Phi) is 5.90. The first kappa shape index (κ1) is 20.2. The molecule has 0 unspecified atom stereocenters. The molecule has 0 aliphatic carbocycles. The van der Waals surface area contributed by atoms with E-state index in [4.69, 9.17) is 11.6 Å². The van der Waals surface area contributed by atoms with Crippen LogP contribution in [0.4, 0.5) is 14.6 Å². The summed E-state index contributed by atoms with van der Waals surface area (Å²) in [5.74, 6) is -0.181. The molecule has 3 aromatic rings. The van der Waals surface area contributed by atoms with E-state index in [2.05, 4.69) is 14.9 Å². The van der Waals surface area contributed by atoms with Gasteiger partial charge in [0, 0.05) is 48.4 Å². The largest absolute Gasteiger partial charge is 0.353 e. The SMILES string of the molecule is O=C(Cc1c(F)cccc1Cl)N1CCN(c2cc(-c3ccc(F)cc3)ncn2)CC1. The van der Waals surface area contributed by atoms with E-state index in [9.17, 15) is 13.6 Å². The topological polar surface area (TPSA) is 49.3 Å². The second-order valence-electron chi connectivity index (χ2n) is 7.01. The van der Waals surface area contributed by atoms with Crippen LogP contribution in [0.5, 0.6) is 0 Å². The summed E-state index contributed by atoms with van der Waals surface area (Å²) in [7, 11) is 0. The summed E-state index contributed by atoms with van der Waals surface area (Å²) in [5.41, 5.74) is 1.73. The summed E-state index contributed by atoms with van der Waals surface area (Å²) in [5, 5.41) is 0.260. The number of nitrogens with zero attached hydrogens (tertiary/aromatic N) is 4. The van der Waals surface area contributed by atoms with Crippen molar-refractivity contribution in [3.63, 3.8) is 0 Å². The van der Waals surface area contributed by atoms with Gasteiger partial charge in [0.25, 0.3) is 0 Å². The Hall–Kier alpha value is -3.06. The highest BCUT2D eigenvalue weighted by Crippen LogP contribution is 2.23.